The molecule has 0 unspecified atom stereocenters. The predicted octanol–water partition coefficient (Wildman–Crippen LogP) is 24.6. The second-order valence-corrected chi connectivity index (χ2v) is 25.2. The van der Waals surface area contributed by atoms with Crippen molar-refractivity contribution in [2.75, 3.05) is 0 Å². The van der Waals surface area contributed by atoms with Crippen molar-refractivity contribution in [2.45, 2.75) is 0 Å². The molecule has 5 aromatic heterocycles. The molecular weight excluding hydrogens is 1140 g/mol. The summed E-state index contributed by atoms with van der Waals surface area (Å²) in [6, 6.07) is 104. The first-order valence-corrected chi connectivity index (χ1v) is 32.1. The number of aromatic nitrogens is 3. The molecule has 432 valence electrons. The first-order chi connectivity index (χ1) is 46.6. The minimum atomic E-state index is 0.844. The van der Waals surface area contributed by atoms with Crippen LogP contribution in [0.3, 0.4) is 0 Å². The van der Waals surface area contributed by atoms with Gasteiger partial charge in [-0.25, -0.2) is 4.98 Å². The Hall–Kier alpha value is -12.6. The minimum absolute atomic E-state index is 0.844. The van der Waals surface area contributed by atoms with E-state index in [9.17, 15) is 0 Å². The number of furan rings is 2. The lowest BCUT2D eigenvalue weighted by atomic mass is 9.84. The first kappa shape index (κ1) is 51.2. The Morgan fingerprint density at radius 3 is 1.52 bits per heavy atom. The Labute approximate surface area is 537 Å². The third kappa shape index (κ3) is 7.49. The zero-order valence-electron chi connectivity index (χ0n) is 50.4. The van der Waals surface area contributed by atoms with E-state index in [2.05, 4.69) is 267 Å². The van der Waals surface area contributed by atoms with E-state index in [1.807, 2.05) is 30.6 Å². The molecule has 0 fully saturated rings. The van der Waals surface area contributed by atoms with E-state index in [4.69, 9.17) is 23.8 Å². The van der Waals surface area contributed by atoms with E-state index in [-0.39, 0.29) is 0 Å². The predicted molar refractivity (Wildman–Crippen MR) is 392 cm³/mol. The van der Waals surface area contributed by atoms with Gasteiger partial charge < -0.3 is 8.83 Å². The fourth-order valence-corrected chi connectivity index (χ4v) is 15.8. The summed E-state index contributed by atoms with van der Waals surface area (Å²) < 4.78 is 13.6. The van der Waals surface area contributed by atoms with Gasteiger partial charge in [-0.15, -0.1) is 0 Å². The molecule has 21 rings (SSSR count). The Kier molecular flexibility index (Phi) is 10.6. The van der Waals surface area contributed by atoms with Crippen LogP contribution in [0.1, 0.15) is 0 Å². The number of hydrogen-bond acceptors (Lipinski definition) is 5. The van der Waals surface area contributed by atoms with Crippen LogP contribution in [0.25, 0.3) is 219 Å². The highest BCUT2D eigenvalue weighted by Crippen LogP contribution is 2.49. The molecular formula is C89H49N3O2. The van der Waals surface area contributed by atoms with E-state index in [1.165, 1.54) is 70.4 Å². The Morgan fingerprint density at radius 1 is 0.234 bits per heavy atom. The Morgan fingerprint density at radius 2 is 0.745 bits per heavy atom. The molecule has 0 saturated carbocycles. The van der Waals surface area contributed by atoms with Gasteiger partial charge in [-0.3, -0.25) is 9.97 Å². The highest BCUT2D eigenvalue weighted by atomic mass is 16.3. The van der Waals surface area contributed by atoms with Crippen LogP contribution in [0.15, 0.2) is 306 Å². The maximum absolute atomic E-state index is 6.99. The number of para-hydroxylation sites is 4. The lowest BCUT2D eigenvalue weighted by Crippen LogP contribution is -1.94. The van der Waals surface area contributed by atoms with Crippen LogP contribution < -0.4 is 0 Å². The van der Waals surface area contributed by atoms with Crippen molar-refractivity contribution < 1.29 is 8.83 Å². The van der Waals surface area contributed by atoms with Crippen LogP contribution in [0, 0.1) is 0 Å². The van der Waals surface area contributed by atoms with E-state index < -0.39 is 0 Å². The maximum Gasteiger partial charge on any atom is 0.143 e. The van der Waals surface area contributed by atoms with E-state index in [0.717, 1.165) is 149 Å². The van der Waals surface area contributed by atoms with Gasteiger partial charge in [0.1, 0.15) is 22.3 Å². The molecule has 0 amide bonds. The van der Waals surface area contributed by atoms with Crippen molar-refractivity contribution in [1.29, 1.82) is 0 Å². The van der Waals surface area contributed by atoms with Crippen molar-refractivity contribution in [3.05, 3.63) is 298 Å². The summed E-state index contributed by atoms with van der Waals surface area (Å²) in [5.41, 5.74) is 21.8. The van der Waals surface area contributed by atoms with E-state index in [0.29, 0.717) is 0 Å². The summed E-state index contributed by atoms with van der Waals surface area (Å²) >= 11 is 0. The molecule has 0 N–H and O–H groups in total. The van der Waals surface area contributed by atoms with Crippen LogP contribution in [-0.2, 0) is 0 Å². The van der Waals surface area contributed by atoms with Crippen LogP contribution >= 0.6 is 0 Å². The summed E-state index contributed by atoms with van der Waals surface area (Å²) in [4.78, 5) is 15.2. The summed E-state index contributed by atoms with van der Waals surface area (Å²) in [7, 11) is 0. The third-order valence-electron chi connectivity index (χ3n) is 20.3. The summed E-state index contributed by atoms with van der Waals surface area (Å²) in [6.45, 7) is 0. The number of fused-ring (bicyclic) bond motifs is 10. The quantitative estimate of drug-likeness (QED) is 0.149. The molecule has 0 aliphatic heterocycles. The molecule has 0 atom stereocenters. The molecule has 5 heterocycles. The largest absolute Gasteiger partial charge is 0.455 e. The molecule has 0 radical (unpaired) electrons. The van der Waals surface area contributed by atoms with Gasteiger partial charge in [-0.1, -0.05) is 231 Å². The molecule has 0 spiro atoms. The third-order valence-corrected chi connectivity index (χ3v) is 20.3. The zero-order chi connectivity index (χ0) is 61.3. The van der Waals surface area contributed by atoms with Crippen LogP contribution in [-0.4, -0.2) is 15.0 Å². The molecule has 0 saturated heterocycles. The standard InChI is InChI=1S/C89H49N3O2/c1-3-18-78-60(9-1)46-61(49-91-78)64-35-27-53-29-37-69-62(34-26-52-30-38-70(64)83(53)82(52)69)50-20-22-51(23-21-50)65-14-6-17-74-76-47-59(33-43-81(76)94-88(65)74)75-48-77-67(79-42-32-56-25-24-55-12-8-44-90-86(55)87(56)92-79)36-28-54-31-39-71-63(40-41-72(75)85(71)84(54)77)57-10-5-11-58(45-57)66-15-7-16-73-68-13-2-4-19-80(68)93-89(66)73/h1-49H. The smallest absolute Gasteiger partial charge is 0.143 e. The number of nitrogens with zero attached hydrogens (tertiary/aromatic N) is 3. The topological polar surface area (TPSA) is 65.0 Å². The van der Waals surface area contributed by atoms with Gasteiger partial charge in [0.05, 0.1) is 22.2 Å². The minimum Gasteiger partial charge on any atom is -0.455 e. The lowest BCUT2D eigenvalue weighted by molar-refractivity contribution is 0.669. The SMILES string of the molecule is c1cc(-c2ccc3c(-c4ccc5oc6c(-c7ccc(-c8ccc9ccc%10c(-c%11cnc%12ccccc%12c%11)ccc%11ccc8c9c%11%10)cc7)cccc6c5c4)cc4c(-c5ccc6ccc7cccnc7c6n5)ccc5ccc2c3c54)cc(-c2cccc3c2oc2ccccc23)c1. The van der Waals surface area contributed by atoms with E-state index in [1.54, 1.807) is 0 Å². The van der Waals surface area contributed by atoms with E-state index >= 15 is 0 Å². The molecule has 5 heteroatoms. The Bertz CT molecular complexity index is 6790. The van der Waals surface area contributed by atoms with Gasteiger partial charge in [0.15, 0.2) is 0 Å². The number of hydrogen-bond donors (Lipinski definition) is 0. The molecule has 0 aliphatic carbocycles. The number of rotatable bonds is 7. The van der Waals surface area contributed by atoms with Crippen molar-refractivity contribution >= 4 is 141 Å². The van der Waals surface area contributed by atoms with Crippen LogP contribution in [0.5, 0.6) is 0 Å². The van der Waals surface area contributed by atoms with Gasteiger partial charge in [-0.2, -0.15) is 0 Å². The average Bonchev–Trinajstić information content (AvgIpc) is 0.895. The molecule has 5 nitrogen and oxygen atoms in total. The van der Waals surface area contributed by atoms with Crippen LogP contribution in [0.2, 0.25) is 0 Å². The normalized spacial score (nSPS) is 12.3. The maximum atomic E-state index is 6.99. The number of pyridine rings is 3. The fourth-order valence-electron chi connectivity index (χ4n) is 15.8. The molecule has 0 bridgehead atoms. The second kappa shape index (κ2) is 19.5. The summed E-state index contributed by atoms with van der Waals surface area (Å²) in [5.74, 6) is 0. The zero-order valence-corrected chi connectivity index (χ0v) is 50.4. The Balaban J connectivity index is 0.701. The van der Waals surface area contributed by atoms with Gasteiger partial charge >= 0.3 is 0 Å². The summed E-state index contributed by atoms with van der Waals surface area (Å²) in [5, 5.41) is 22.3. The molecule has 21 aromatic rings. The number of benzene rings is 16. The lowest BCUT2D eigenvalue weighted by Gasteiger charge is -2.20. The molecule has 94 heavy (non-hydrogen) atoms. The second-order valence-electron chi connectivity index (χ2n) is 25.2. The summed E-state index contributed by atoms with van der Waals surface area (Å²) in [6.07, 6.45) is 3.88. The molecule has 16 aromatic carbocycles. The van der Waals surface area contributed by atoms with Gasteiger partial charge in [0.2, 0.25) is 0 Å². The fraction of sp³-hybridized carbons (Fsp3) is 0. The average molecular weight is 1190 g/mol. The van der Waals surface area contributed by atoms with Crippen molar-refractivity contribution in [3.8, 4) is 78.0 Å². The van der Waals surface area contributed by atoms with Crippen LogP contribution in [0.4, 0.5) is 0 Å². The van der Waals surface area contributed by atoms with Gasteiger partial charge in [-0.05, 0) is 169 Å². The highest BCUT2D eigenvalue weighted by molar-refractivity contribution is 6.31. The molecule has 0 aliphatic rings. The van der Waals surface area contributed by atoms with Gasteiger partial charge in [0.25, 0.3) is 0 Å². The van der Waals surface area contributed by atoms with Crippen molar-refractivity contribution in [3.63, 3.8) is 0 Å². The van der Waals surface area contributed by atoms with Crippen molar-refractivity contribution in [2.24, 2.45) is 0 Å². The monoisotopic (exact) mass is 1190 g/mol. The first-order valence-electron chi connectivity index (χ1n) is 32.1. The van der Waals surface area contributed by atoms with Crippen molar-refractivity contribution in [1.82, 2.24) is 15.0 Å². The van der Waals surface area contributed by atoms with Gasteiger partial charge in [0, 0.05) is 72.4 Å². The highest BCUT2D eigenvalue weighted by Gasteiger charge is 2.23.